The molecule has 2 heterocycles. The van der Waals surface area contributed by atoms with E-state index in [0.717, 1.165) is 10.2 Å². The van der Waals surface area contributed by atoms with Gasteiger partial charge in [0.05, 0.1) is 16.1 Å². The van der Waals surface area contributed by atoms with E-state index >= 15 is 0 Å². The summed E-state index contributed by atoms with van der Waals surface area (Å²) < 4.78 is 1.03. The molecule has 3 rings (SSSR count). The number of aromatic nitrogens is 1. The average Bonchev–Trinajstić information content (AvgIpc) is 2.91. The predicted molar refractivity (Wildman–Crippen MR) is 70.9 cm³/mol. The van der Waals surface area contributed by atoms with Crippen molar-refractivity contribution in [2.24, 2.45) is 5.92 Å². The highest BCUT2D eigenvalue weighted by atomic mass is 35.5. The van der Waals surface area contributed by atoms with E-state index in [0.29, 0.717) is 11.7 Å². The van der Waals surface area contributed by atoms with Gasteiger partial charge in [0.15, 0.2) is 5.13 Å². The lowest BCUT2D eigenvalue weighted by molar-refractivity contribution is -0.120. The van der Waals surface area contributed by atoms with Crippen molar-refractivity contribution in [3.63, 3.8) is 0 Å². The van der Waals surface area contributed by atoms with Gasteiger partial charge in [0.2, 0.25) is 11.1 Å². The molecule has 1 aromatic heterocycles. The Balaban J connectivity index is 1.95. The van der Waals surface area contributed by atoms with Gasteiger partial charge >= 0.3 is 0 Å². The van der Waals surface area contributed by atoms with Gasteiger partial charge in [-0.3, -0.25) is 14.5 Å². The van der Waals surface area contributed by atoms with Crippen molar-refractivity contribution in [1.29, 1.82) is 0 Å². The van der Waals surface area contributed by atoms with E-state index in [4.69, 9.17) is 11.6 Å². The number of hydrogen-bond acceptors (Lipinski definition) is 4. The molecule has 0 spiro atoms. The molecule has 4 nitrogen and oxygen atoms in total. The Morgan fingerprint density at radius 3 is 2.89 bits per heavy atom. The number of amides is 1. The number of halogens is 1. The summed E-state index contributed by atoms with van der Waals surface area (Å²) in [5, 5.41) is 0.188. The van der Waals surface area contributed by atoms with Gasteiger partial charge in [0, 0.05) is 13.0 Å². The minimum absolute atomic E-state index is 0.0898. The van der Waals surface area contributed by atoms with Crippen molar-refractivity contribution in [3.8, 4) is 0 Å². The molecule has 0 saturated carbocycles. The van der Waals surface area contributed by atoms with Crippen molar-refractivity contribution in [1.82, 2.24) is 4.98 Å². The minimum atomic E-state index is -0.452. The fraction of sp³-hybridized carbons (Fsp3) is 0.250. The molecule has 0 bridgehead atoms. The summed E-state index contributed by atoms with van der Waals surface area (Å²) in [5.74, 6) is -0.501. The second-order valence-corrected chi connectivity index (χ2v) is 5.56. The predicted octanol–water partition coefficient (Wildman–Crippen LogP) is 2.41. The van der Waals surface area contributed by atoms with Gasteiger partial charge in [0.1, 0.15) is 0 Å². The molecule has 1 aliphatic rings. The van der Waals surface area contributed by atoms with E-state index in [-0.39, 0.29) is 12.3 Å². The number of carbonyl (C=O) groups excluding carboxylic acids is 2. The molecule has 1 aliphatic heterocycles. The summed E-state index contributed by atoms with van der Waals surface area (Å²) in [6.07, 6.45) is 0.179. The van der Waals surface area contributed by atoms with Gasteiger partial charge < -0.3 is 0 Å². The van der Waals surface area contributed by atoms with Gasteiger partial charge in [-0.15, -0.1) is 0 Å². The van der Waals surface area contributed by atoms with E-state index in [1.54, 1.807) is 4.90 Å². The lowest BCUT2D eigenvalue weighted by Gasteiger charge is -2.11. The van der Waals surface area contributed by atoms with Crippen LogP contribution >= 0.6 is 22.9 Å². The summed E-state index contributed by atoms with van der Waals surface area (Å²) in [7, 11) is 0. The summed E-state index contributed by atoms with van der Waals surface area (Å²) in [6.45, 7) is 0.334. The Morgan fingerprint density at radius 1 is 1.44 bits per heavy atom. The number of para-hydroxylation sites is 1. The van der Waals surface area contributed by atoms with Crippen LogP contribution in [0.25, 0.3) is 10.2 Å². The molecule has 1 fully saturated rings. The maximum absolute atomic E-state index is 11.8. The second kappa shape index (κ2) is 4.33. The van der Waals surface area contributed by atoms with Crippen LogP contribution < -0.4 is 4.90 Å². The highest BCUT2D eigenvalue weighted by Gasteiger charge is 2.35. The quantitative estimate of drug-likeness (QED) is 0.794. The Labute approximate surface area is 112 Å². The van der Waals surface area contributed by atoms with E-state index in [1.165, 1.54) is 11.3 Å². The van der Waals surface area contributed by atoms with Gasteiger partial charge in [-0.25, -0.2) is 4.98 Å². The minimum Gasteiger partial charge on any atom is -0.287 e. The van der Waals surface area contributed by atoms with Crippen LogP contribution in [-0.4, -0.2) is 22.7 Å². The Bertz CT molecular complexity index is 607. The normalized spacial score (nSPS) is 19.7. The smallest absolute Gasteiger partial charge is 0.229 e. The molecule has 0 N–H and O–H groups in total. The van der Waals surface area contributed by atoms with Gasteiger partial charge in [-0.1, -0.05) is 23.5 Å². The molecule has 0 aliphatic carbocycles. The molecule has 18 heavy (non-hydrogen) atoms. The Kier molecular flexibility index (Phi) is 2.80. The molecule has 0 radical (unpaired) electrons. The van der Waals surface area contributed by atoms with Crippen LogP contribution in [0.4, 0.5) is 5.13 Å². The maximum Gasteiger partial charge on any atom is 0.229 e. The molecule has 92 valence electrons. The zero-order valence-electron chi connectivity index (χ0n) is 9.30. The van der Waals surface area contributed by atoms with Crippen LogP contribution in [0, 0.1) is 5.92 Å². The van der Waals surface area contributed by atoms with E-state index in [2.05, 4.69) is 4.98 Å². The molecule has 1 atom stereocenters. The summed E-state index contributed by atoms with van der Waals surface area (Å²) >= 11 is 6.90. The van der Waals surface area contributed by atoms with Crippen molar-refractivity contribution < 1.29 is 9.59 Å². The van der Waals surface area contributed by atoms with Crippen molar-refractivity contribution in [3.05, 3.63) is 24.3 Å². The zero-order chi connectivity index (χ0) is 12.7. The summed E-state index contributed by atoms with van der Waals surface area (Å²) in [5.41, 5.74) is 0.867. The monoisotopic (exact) mass is 280 g/mol. The number of hydrogen-bond donors (Lipinski definition) is 0. The van der Waals surface area contributed by atoms with Crippen LogP contribution in [0.5, 0.6) is 0 Å². The highest BCUT2D eigenvalue weighted by molar-refractivity contribution is 7.22. The summed E-state index contributed by atoms with van der Waals surface area (Å²) in [4.78, 5) is 28.9. The number of carbonyl (C=O) groups is 2. The first-order chi connectivity index (χ1) is 8.65. The standard InChI is InChI=1S/C12H9ClN2O2S/c13-11(17)7-5-10(16)15(6-7)12-14-8-3-1-2-4-9(8)18-12/h1-4,7H,5-6H2/t7-/m1/s1. The Morgan fingerprint density at radius 2 is 2.22 bits per heavy atom. The topological polar surface area (TPSA) is 50.3 Å². The van der Waals surface area contributed by atoms with E-state index in [1.807, 2.05) is 24.3 Å². The van der Waals surface area contributed by atoms with Crippen LogP contribution in [0.1, 0.15) is 6.42 Å². The number of anilines is 1. The molecule has 1 amide bonds. The van der Waals surface area contributed by atoms with Crippen LogP contribution in [0.2, 0.25) is 0 Å². The zero-order valence-corrected chi connectivity index (χ0v) is 10.9. The maximum atomic E-state index is 11.8. The Hall–Kier alpha value is -1.46. The molecule has 2 aromatic rings. The first-order valence-corrected chi connectivity index (χ1v) is 6.70. The number of nitrogens with zero attached hydrogens (tertiary/aromatic N) is 2. The van der Waals surface area contributed by atoms with Crippen molar-refractivity contribution in [2.75, 3.05) is 11.4 Å². The largest absolute Gasteiger partial charge is 0.287 e. The van der Waals surface area contributed by atoms with Gasteiger partial charge in [-0.2, -0.15) is 0 Å². The number of rotatable bonds is 2. The van der Waals surface area contributed by atoms with Crippen LogP contribution in [0.15, 0.2) is 24.3 Å². The van der Waals surface area contributed by atoms with E-state index in [9.17, 15) is 9.59 Å². The van der Waals surface area contributed by atoms with E-state index < -0.39 is 11.2 Å². The highest BCUT2D eigenvalue weighted by Crippen LogP contribution is 2.33. The fourth-order valence-electron chi connectivity index (χ4n) is 2.02. The van der Waals surface area contributed by atoms with Crippen LogP contribution in [0.3, 0.4) is 0 Å². The molecule has 6 heteroatoms. The number of benzene rings is 1. The third kappa shape index (κ3) is 1.89. The third-order valence-electron chi connectivity index (χ3n) is 2.96. The van der Waals surface area contributed by atoms with Crippen molar-refractivity contribution >= 4 is 49.4 Å². The molecule has 0 unspecified atom stereocenters. The van der Waals surface area contributed by atoms with Crippen LogP contribution in [-0.2, 0) is 9.59 Å². The lowest BCUT2D eigenvalue weighted by atomic mass is 10.1. The first kappa shape index (κ1) is 11.6. The summed E-state index contributed by atoms with van der Waals surface area (Å²) in [6, 6.07) is 7.70. The second-order valence-electron chi connectivity index (χ2n) is 4.17. The lowest BCUT2D eigenvalue weighted by Crippen LogP contribution is -2.24. The first-order valence-electron chi connectivity index (χ1n) is 5.50. The van der Waals surface area contributed by atoms with Crippen molar-refractivity contribution in [2.45, 2.75) is 6.42 Å². The molecular formula is C12H9ClN2O2S. The third-order valence-corrected chi connectivity index (χ3v) is 4.33. The van der Waals surface area contributed by atoms with Gasteiger partial charge in [-0.05, 0) is 23.7 Å². The molecular weight excluding hydrogens is 272 g/mol. The molecule has 1 saturated heterocycles. The number of fused-ring (bicyclic) bond motifs is 1. The SMILES string of the molecule is O=C(Cl)[C@@H]1CC(=O)N(c2nc3ccccc3s2)C1. The fourth-order valence-corrected chi connectivity index (χ4v) is 3.16. The molecule has 1 aromatic carbocycles. The average molecular weight is 281 g/mol. The number of thiazole rings is 1. The van der Waals surface area contributed by atoms with Gasteiger partial charge in [0.25, 0.3) is 0 Å².